The van der Waals surface area contributed by atoms with Gasteiger partial charge in [-0.1, -0.05) is 13.8 Å². The summed E-state index contributed by atoms with van der Waals surface area (Å²) >= 11 is 0. The third kappa shape index (κ3) is 2.06. The minimum atomic E-state index is 0.788. The average Bonchev–Trinajstić information content (AvgIpc) is 2.59. The maximum Gasteiger partial charge on any atom is 0.127 e. The van der Waals surface area contributed by atoms with Crippen LogP contribution >= 0.6 is 0 Å². The molecule has 3 heteroatoms. The van der Waals surface area contributed by atoms with Crippen molar-refractivity contribution in [1.82, 2.24) is 4.98 Å². The van der Waals surface area contributed by atoms with E-state index >= 15 is 0 Å². The molecule has 1 fully saturated rings. The fourth-order valence-corrected chi connectivity index (χ4v) is 2.09. The van der Waals surface area contributed by atoms with Crippen molar-refractivity contribution < 1.29 is 0 Å². The highest BCUT2D eigenvalue weighted by atomic mass is 15.2. The van der Waals surface area contributed by atoms with E-state index < -0.39 is 0 Å². The lowest BCUT2D eigenvalue weighted by Crippen LogP contribution is -2.19. The van der Waals surface area contributed by atoms with Crippen LogP contribution in [-0.4, -0.2) is 25.1 Å². The SMILES string of the molecule is CNc1cc(N2CC(C)C(C)C2)ccn1. The predicted octanol–water partition coefficient (Wildman–Crippen LogP) is 2.22. The Hall–Kier alpha value is -1.25. The molecule has 2 unspecified atom stereocenters. The van der Waals surface area contributed by atoms with Gasteiger partial charge in [0.1, 0.15) is 5.82 Å². The van der Waals surface area contributed by atoms with Gasteiger partial charge >= 0.3 is 0 Å². The number of nitrogens with zero attached hydrogens (tertiary/aromatic N) is 2. The summed E-state index contributed by atoms with van der Waals surface area (Å²) in [6.07, 6.45) is 1.87. The molecular formula is C12H19N3. The summed E-state index contributed by atoms with van der Waals surface area (Å²) in [7, 11) is 1.90. The summed E-state index contributed by atoms with van der Waals surface area (Å²) < 4.78 is 0. The minimum Gasteiger partial charge on any atom is -0.373 e. The molecule has 1 aromatic rings. The van der Waals surface area contributed by atoms with Gasteiger partial charge in [-0.05, 0) is 17.9 Å². The second-order valence-corrected chi connectivity index (χ2v) is 4.51. The Bertz CT molecular complexity index is 327. The monoisotopic (exact) mass is 205 g/mol. The predicted molar refractivity (Wildman–Crippen MR) is 64.3 cm³/mol. The van der Waals surface area contributed by atoms with Crippen LogP contribution in [0, 0.1) is 11.8 Å². The van der Waals surface area contributed by atoms with Crippen LogP contribution in [0.2, 0.25) is 0 Å². The fourth-order valence-electron chi connectivity index (χ4n) is 2.09. The molecule has 1 aliphatic heterocycles. The first-order valence-electron chi connectivity index (χ1n) is 5.59. The van der Waals surface area contributed by atoms with E-state index in [-0.39, 0.29) is 0 Å². The molecule has 2 heterocycles. The van der Waals surface area contributed by atoms with Gasteiger partial charge in [-0.15, -0.1) is 0 Å². The standard InChI is InChI=1S/C12H19N3/c1-9-7-15(8-10(9)2)11-4-5-14-12(6-11)13-3/h4-6,9-10H,7-8H2,1-3H3,(H,13,14). The number of aromatic nitrogens is 1. The van der Waals surface area contributed by atoms with Crippen molar-refractivity contribution >= 4 is 11.5 Å². The van der Waals surface area contributed by atoms with E-state index in [1.807, 2.05) is 13.2 Å². The molecular weight excluding hydrogens is 186 g/mol. The van der Waals surface area contributed by atoms with E-state index in [1.165, 1.54) is 5.69 Å². The summed E-state index contributed by atoms with van der Waals surface area (Å²) in [6.45, 7) is 6.97. The van der Waals surface area contributed by atoms with Gasteiger partial charge in [0.2, 0.25) is 0 Å². The molecule has 1 saturated heterocycles. The van der Waals surface area contributed by atoms with E-state index in [0.717, 1.165) is 30.7 Å². The summed E-state index contributed by atoms with van der Waals surface area (Å²) in [5.41, 5.74) is 1.28. The van der Waals surface area contributed by atoms with Crippen LogP contribution in [0.25, 0.3) is 0 Å². The first kappa shape index (κ1) is 10.3. The topological polar surface area (TPSA) is 28.2 Å². The maximum atomic E-state index is 4.23. The van der Waals surface area contributed by atoms with Gasteiger partial charge in [0.05, 0.1) is 0 Å². The first-order chi connectivity index (χ1) is 7.20. The number of rotatable bonds is 2. The van der Waals surface area contributed by atoms with Crippen molar-refractivity contribution in [3.63, 3.8) is 0 Å². The van der Waals surface area contributed by atoms with Gasteiger partial charge in [0.15, 0.2) is 0 Å². The molecule has 1 aromatic heterocycles. The lowest BCUT2D eigenvalue weighted by atomic mass is 10.0. The van der Waals surface area contributed by atoms with Gasteiger partial charge in [-0.25, -0.2) is 4.98 Å². The Morgan fingerprint density at radius 3 is 2.60 bits per heavy atom. The van der Waals surface area contributed by atoms with Crippen LogP contribution in [-0.2, 0) is 0 Å². The van der Waals surface area contributed by atoms with Crippen molar-refractivity contribution in [3.8, 4) is 0 Å². The summed E-state index contributed by atoms with van der Waals surface area (Å²) in [6, 6.07) is 4.20. The Morgan fingerprint density at radius 1 is 1.33 bits per heavy atom. The highest BCUT2D eigenvalue weighted by Crippen LogP contribution is 2.28. The van der Waals surface area contributed by atoms with Crippen LogP contribution in [0.4, 0.5) is 11.5 Å². The molecule has 2 atom stereocenters. The quantitative estimate of drug-likeness (QED) is 0.802. The molecule has 0 spiro atoms. The zero-order chi connectivity index (χ0) is 10.8. The largest absolute Gasteiger partial charge is 0.373 e. The van der Waals surface area contributed by atoms with Crippen LogP contribution in [0.1, 0.15) is 13.8 Å². The van der Waals surface area contributed by atoms with Crippen molar-refractivity contribution in [2.45, 2.75) is 13.8 Å². The molecule has 15 heavy (non-hydrogen) atoms. The summed E-state index contributed by atoms with van der Waals surface area (Å²) in [5, 5.41) is 3.08. The van der Waals surface area contributed by atoms with Gasteiger partial charge in [-0.3, -0.25) is 0 Å². The van der Waals surface area contributed by atoms with E-state index in [9.17, 15) is 0 Å². The normalized spacial score (nSPS) is 25.7. The number of hydrogen-bond acceptors (Lipinski definition) is 3. The number of anilines is 2. The van der Waals surface area contributed by atoms with Crippen LogP contribution in [0.15, 0.2) is 18.3 Å². The Morgan fingerprint density at radius 2 is 2.00 bits per heavy atom. The number of pyridine rings is 1. The van der Waals surface area contributed by atoms with Gasteiger partial charge < -0.3 is 10.2 Å². The maximum absolute atomic E-state index is 4.23. The van der Waals surface area contributed by atoms with E-state index in [1.54, 1.807) is 0 Å². The van der Waals surface area contributed by atoms with Crippen molar-refractivity contribution in [2.24, 2.45) is 11.8 Å². The minimum absolute atomic E-state index is 0.788. The molecule has 1 aliphatic rings. The highest BCUT2D eigenvalue weighted by molar-refractivity contribution is 5.54. The lowest BCUT2D eigenvalue weighted by molar-refractivity contribution is 0.494. The van der Waals surface area contributed by atoms with Crippen molar-refractivity contribution in [2.75, 3.05) is 30.4 Å². The van der Waals surface area contributed by atoms with Gasteiger partial charge in [0, 0.05) is 38.1 Å². The molecule has 1 N–H and O–H groups in total. The highest BCUT2D eigenvalue weighted by Gasteiger charge is 2.26. The molecule has 3 nitrogen and oxygen atoms in total. The smallest absolute Gasteiger partial charge is 0.127 e. The third-order valence-corrected chi connectivity index (χ3v) is 3.35. The second kappa shape index (κ2) is 4.09. The molecule has 82 valence electrons. The molecule has 0 radical (unpaired) electrons. The molecule has 0 saturated carbocycles. The molecule has 2 rings (SSSR count). The molecule has 0 aromatic carbocycles. The Labute approximate surface area is 91.5 Å². The molecule has 0 bridgehead atoms. The molecule has 0 amide bonds. The number of hydrogen-bond donors (Lipinski definition) is 1. The average molecular weight is 205 g/mol. The summed E-state index contributed by atoms with van der Waals surface area (Å²) in [4.78, 5) is 6.67. The van der Waals surface area contributed by atoms with Crippen LogP contribution in [0.5, 0.6) is 0 Å². The second-order valence-electron chi connectivity index (χ2n) is 4.51. The van der Waals surface area contributed by atoms with Gasteiger partial charge in [-0.2, -0.15) is 0 Å². The van der Waals surface area contributed by atoms with Crippen LogP contribution in [0.3, 0.4) is 0 Å². The van der Waals surface area contributed by atoms with Gasteiger partial charge in [0.25, 0.3) is 0 Å². The van der Waals surface area contributed by atoms with E-state index in [4.69, 9.17) is 0 Å². The third-order valence-electron chi connectivity index (χ3n) is 3.35. The molecule has 0 aliphatic carbocycles. The zero-order valence-corrected chi connectivity index (χ0v) is 9.70. The zero-order valence-electron chi connectivity index (χ0n) is 9.70. The lowest BCUT2D eigenvalue weighted by Gasteiger charge is -2.18. The van der Waals surface area contributed by atoms with Crippen LogP contribution < -0.4 is 10.2 Å². The Kier molecular flexibility index (Phi) is 2.80. The van der Waals surface area contributed by atoms with E-state index in [0.29, 0.717) is 0 Å². The number of nitrogens with one attached hydrogen (secondary N) is 1. The van der Waals surface area contributed by atoms with Crippen molar-refractivity contribution in [1.29, 1.82) is 0 Å². The van der Waals surface area contributed by atoms with Crippen molar-refractivity contribution in [3.05, 3.63) is 18.3 Å². The fraction of sp³-hybridized carbons (Fsp3) is 0.583. The first-order valence-corrected chi connectivity index (χ1v) is 5.59. The summed E-state index contributed by atoms with van der Waals surface area (Å²) in [5.74, 6) is 2.52. The van der Waals surface area contributed by atoms with E-state index in [2.05, 4.69) is 41.2 Å². The Balaban J connectivity index is 2.16.